The first-order valence-corrected chi connectivity index (χ1v) is 6.54. The van der Waals surface area contributed by atoms with Crippen LogP contribution >= 0.6 is 0 Å². The number of nitrogens with zero attached hydrogens (tertiary/aromatic N) is 1. The van der Waals surface area contributed by atoms with Crippen LogP contribution in [0.15, 0.2) is 54.6 Å². The van der Waals surface area contributed by atoms with Crippen LogP contribution in [0.2, 0.25) is 0 Å². The Balaban J connectivity index is 2.11. The maximum absolute atomic E-state index is 12.9. The minimum absolute atomic E-state index is 0.197. The molecule has 0 aromatic heterocycles. The van der Waals surface area contributed by atoms with Crippen molar-refractivity contribution in [2.45, 2.75) is 13.0 Å². The van der Waals surface area contributed by atoms with Gasteiger partial charge in [-0.05, 0) is 42.8 Å². The van der Waals surface area contributed by atoms with Gasteiger partial charge in [-0.25, -0.2) is 4.39 Å². The second kappa shape index (κ2) is 6.90. The molecular weight excluding hydrogens is 239 g/mol. The van der Waals surface area contributed by atoms with Crippen molar-refractivity contribution in [1.82, 2.24) is 0 Å². The quantitative estimate of drug-likeness (QED) is 0.862. The maximum Gasteiger partial charge on any atom is 0.123 e. The Morgan fingerprint density at radius 1 is 0.947 bits per heavy atom. The van der Waals surface area contributed by atoms with Gasteiger partial charge in [0.15, 0.2) is 0 Å². The monoisotopic (exact) mass is 258 g/mol. The number of halogens is 1. The highest BCUT2D eigenvalue weighted by Crippen LogP contribution is 2.17. The standard InChI is InChI=1S/C16H19FN2/c17-15-9-7-14(8-10-15)13-19(12-4-11-18)16-5-2-1-3-6-16/h1-3,5-10H,4,11-13,18H2. The second-order valence-corrected chi connectivity index (χ2v) is 4.53. The second-order valence-electron chi connectivity index (χ2n) is 4.53. The van der Waals surface area contributed by atoms with Gasteiger partial charge in [-0.1, -0.05) is 30.3 Å². The Morgan fingerprint density at radius 2 is 1.63 bits per heavy atom. The predicted molar refractivity (Wildman–Crippen MR) is 77.6 cm³/mol. The highest BCUT2D eigenvalue weighted by molar-refractivity contribution is 5.46. The van der Waals surface area contributed by atoms with Crippen molar-refractivity contribution in [2.75, 3.05) is 18.0 Å². The summed E-state index contributed by atoms with van der Waals surface area (Å²) in [6.07, 6.45) is 0.941. The van der Waals surface area contributed by atoms with E-state index in [2.05, 4.69) is 17.0 Å². The Morgan fingerprint density at radius 3 is 2.26 bits per heavy atom. The van der Waals surface area contributed by atoms with Gasteiger partial charge < -0.3 is 10.6 Å². The molecule has 2 N–H and O–H groups in total. The first kappa shape index (κ1) is 13.6. The molecule has 0 atom stereocenters. The van der Waals surface area contributed by atoms with E-state index in [4.69, 9.17) is 5.73 Å². The maximum atomic E-state index is 12.9. The molecule has 0 spiro atoms. The number of hydrogen-bond acceptors (Lipinski definition) is 2. The van der Waals surface area contributed by atoms with Gasteiger partial charge in [-0.2, -0.15) is 0 Å². The molecule has 0 bridgehead atoms. The van der Waals surface area contributed by atoms with Gasteiger partial charge in [-0.15, -0.1) is 0 Å². The lowest BCUT2D eigenvalue weighted by Crippen LogP contribution is -2.25. The van der Waals surface area contributed by atoms with E-state index in [1.165, 1.54) is 17.8 Å². The average molecular weight is 258 g/mol. The molecule has 0 aliphatic rings. The molecule has 0 radical (unpaired) electrons. The van der Waals surface area contributed by atoms with Gasteiger partial charge in [0, 0.05) is 18.8 Å². The zero-order valence-electron chi connectivity index (χ0n) is 10.9. The Hall–Kier alpha value is -1.87. The van der Waals surface area contributed by atoms with Crippen LogP contribution in [0.3, 0.4) is 0 Å². The minimum atomic E-state index is -0.197. The molecule has 2 nitrogen and oxygen atoms in total. The van der Waals surface area contributed by atoms with Gasteiger partial charge in [-0.3, -0.25) is 0 Å². The first-order chi connectivity index (χ1) is 9.29. The molecule has 0 fully saturated rings. The van der Waals surface area contributed by atoms with E-state index in [0.29, 0.717) is 6.54 Å². The van der Waals surface area contributed by atoms with Crippen LogP contribution < -0.4 is 10.6 Å². The summed E-state index contributed by atoms with van der Waals surface area (Å²) in [7, 11) is 0. The number of para-hydroxylation sites is 1. The van der Waals surface area contributed by atoms with E-state index in [0.717, 1.165) is 25.1 Å². The molecule has 0 saturated carbocycles. The third-order valence-electron chi connectivity index (χ3n) is 3.04. The molecule has 0 heterocycles. The molecule has 2 aromatic rings. The van der Waals surface area contributed by atoms with Crippen molar-refractivity contribution >= 4 is 5.69 Å². The average Bonchev–Trinajstić information content (AvgIpc) is 2.46. The summed E-state index contributed by atoms with van der Waals surface area (Å²) >= 11 is 0. The summed E-state index contributed by atoms with van der Waals surface area (Å²) < 4.78 is 12.9. The fourth-order valence-corrected chi connectivity index (χ4v) is 2.03. The number of hydrogen-bond donors (Lipinski definition) is 1. The van der Waals surface area contributed by atoms with E-state index in [1.54, 1.807) is 0 Å². The van der Waals surface area contributed by atoms with Gasteiger partial charge in [0.25, 0.3) is 0 Å². The third-order valence-corrected chi connectivity index (χ3v) is 3.04. The molecule has 100 valence electrons. The van der Waals surface area contributed by atoms with Gasteiger partial charge in [0.05, 0.1) is 0 Å². The van der Waals surface area contributed by atoms with Crippen LogP contribution in [-0.2, 0) is 6.54 Å². The van der Waals surface area contributed by atoms with Gasteiger partial charge >= 0.3 is 0 Å². The zero-order chi connectivity index (χ0) is 13.5. The number of rotatable bonds is 6. The Kier molecular flexibility index (Phi) is 4.93. The summed E-state index contributed by atoms with van der Waals surface area (Å²) in [5, 5.41) is 0. The van der Waals surface area contributed by atoms with Crippen molar-refractivity contribution in [2.24, 2.45) is 5.73 Å². The van der Waals surface area contributed by atoms with Gasteiger partial charge in [0.1, 0.15) is 5.82 Å². The SMILES string of the molecule is NCCCN(Cc1ccc(F)cc1)c1ccccc1. The fraction of sp³-hybridized carbons (Fsp3) is 0.250. The van der Waals surface area contributed by atoms with E-state index in [1.807, 2.05) is 30.3 Å². The lowest BCUT2D eigenvalue weighted by Gasteiger charge is -2.24. The van der Waals surface area contributed by atoms with Crippen molar-refractivity contribution in [3.8, 4) is 0 Å². The largest absolute Gasteiger partial charge is 0.367 e. The fourth-order valence-electron chi connectivity index (χ4n) is 2.03. The lowest BCUT2D eigenvalue weighted by molar-refractivity contribution is 0.626. The van der Waals surface area contributed by atoms with Crippen LogP contribution in [0.1, 0.15) is 12.0 Å². The molecule has 2 aromatic carbocycles. The highest BCUT2D eigenvalue weighted by atomic mass is 19.1. The normalized spacial score (nSPS) is 10.4. The number of nitrogens with two attached hydrogens (primary N) is 1. The van der Waals surface area contributed by atoms with E-state index in [-0.39, 0.29) is 5.82 Å². The molecule has 0 aliphatic heterocycles. The highest BCUT2D eigenvalue weighted by Gasteiger charge is 2.06. The van der Waals surface area contributed by atoms with E-state index in [9.17, 15) is 4.39 Å². The molecular formula is C16H19FN2. The Labute approximate surface area is 113 Å². The van der Waals surface area contributed by atoms with Crippen molar-refractivity contribution < 1.29 is 4.39 Å². The predicted octanol–water partition coefficient (Wildman–Crippen LogP) is 3.18. The van der Waals surface area contributed by atoms with Crippen LogP contribution in [0.5, 0.6) is 0 Å². The summed E-state index contributed by atoms with van der Waals surface area (Å²) in [4.78, 5) is 2.26. The molecule has 0 saturated heterocycles. The topological polar surface area (TPSA) is 29.3 Å². The van der Waals surface area contributed by atoms with E-state index >= 15 is 0 Å². The van der Waals surface area contributed by atoms with Crippen LogP contribution in [0.25, 0.3) is 0 Å². The summed E-state index contributed by atoms with van der Waals surface area (Å²) in [5.41, 5.74) is 7.86. The Bertz CT molecular complexity index is 482. The number of benzene rings is 2. The van der Waals surface area contributed by atoms with Crippen LogP contribution in [0.4, 0.5) is 10.1 Å². The molecule has 0 aliphatic carbocycles. The summed E-state index contributed by atoms with van der Waals surface area (Å²) in [6.45, 7) is 2.34. The smallest absolute Gasteiger partial charge is 0.123 e. The molecule has 0 amide bonds. The van der Waals surface area contributed by atoms with Crippen molar-refractivity contribution in [3.05, 3.63) is 66.0 Å². The van der Waals surface area contributed by atoms with E-state index < -0.39 is 0 Å². The van der Waals surface area contributed by atoms with Gasteiger partial charge in [0.2, 0.25) is 0 Å². The third kappa shape index (κ3) is 4.07. The van der Waals surface area contributed by atoms with Crippen molar-refractivity contribution in [1.29, 1.82) is 0 Å². The minimum Gasteiger partial charge on any atom is -0.367 e. The summed E-state index contributed by atoms with van der Waals surface area (Å²) in [6, 6.07) is 16.9. The molecule has 0 unspecified atom stereocenters. The molecule has 2 rings (SSSR count). The van der Waals surface area contributed by atoms with Crippen LogP contribution in [-0.4, -0.2) is 13.1 Å². The lowest BCUT2D eigenvalue weighted by atomic mass is 10.2. The summed E-state index contributed by atoms with van der Waals surface area (Å²) in [5.74, 6) is -0.197. The van der Waals surface area contributed by atoms with Crippen molar-refractivity contribution in [3.63, 3.8) is 0 Å². The number of anilines is 1. The molecule has 3 heteroatoms. The first-order valence-electron chi connectivity index (χ1n) is 6.54. The van der Waals surface area contributed by atoms with Crippen LogP contribution in [0, 0.1) is 5.82 Å². The molecule has 19 heavy (non-hydrogen) atoms. The zero-order valence-corrected chi connectivity index (χ0v) is 10.9.